The van der Waals surface area contributed by atoms with Crippen LogP contribution in [-0.4, -0.2) is 36.6 Å². The molecule has 1 aromatic carbocycles. The first-order valence-electron chi connectivity index (χ1n) is 10.1. The van der Waals surface area contributed by atoms with Gasteiger partial charge in [-0.05, 0) is 50.5 Å². The first kappa shape index (κ1) is 28.0. The molecule has 7 nitrogen and oxygen atoms in total. The van der Waals surface area contributed by atoms with Crippen molar-refractivity contribution in [3.8, 4) is 5.75 Å². The zero-order chi connectivity index (χ0) is 23.8. The molecule has 1 saturated heterocycles. The van der Waals surface area contributed by atoms with Crippen LogP contribution in [0.15, 0.2) is 42.6 Å². The third-order valence-corrected chi connectivity index (χ3v) is 4.25. The fourth-order valence-corrected chi connectivity index (χ4v) is 2.59. The van der Waals surface area contributed by atoms with E-state index in [1.807, 2.05) is 33.8 Å². The number of hydrogen-bond donors (Lipinski definition) is 2. The lowest BCUT2D eigenvalue weighted by Crippen LogP contribution is -2.27. The predicted octanol–water partition coefficient (Wildman–Crippen LogP) is 4.10. The van der Waals surface area contributed by atoms with E-state index in [1.54, 1.807) is 24.4 Å². The standard InChI is InChI=1S/C13H18N2O2.C7H7FO.C2H6.CH3NO/c1-8-6-12(17-10(8)3)13(16)15-11-4-5-14-9(2)7-11;1-9-7-4-2-3-6(8)5-7;1-2;2-1-3/h4-5,7-8,10,12H,6H2,1-3H3,(H,14,15,16);2-5H,1H3;1-2H3;1H,(H2,2,3)/t8?,10?,12-;;;/m1.../s1. The van der Waals surface area contributed by atoms with Gasteiger partial charge in [0.1, 0.15) is 17.7 Å². The van der Waals surface area contributed by atoms with Crippen molar-refractivity contribution in [2.24, 2.45) is 11.7 Å². The second-order valence-corrected chi connectivity index (χ2v) is 6.52. The van der Waals surface area contributed by atoms with Gasteiger partial charge in [0.25, 0.3) is 5.91 Å². The summed E-state index contributed by atoms with van der Waals surface area (Å²) < 4.78 is 22.6. The number of carbonyl (C=O) groups is 2. The van der Waals surface area contributed by atoms with Gasteiger partial charge in [0.15, 0.2) is 0 Å². The number of ether oxygens (including phenoxy) is 2. The number of hydrogen-bond acceptors (Lipinski definition) is 5. The molecule has 0 bridgehead atoms. The van der Waals surface area contributed by atoms with E-state index < -0.39 is 0 Å². The van der Waals surface area contributed by atoms with Gasteiger partial charge in [-0.25, -0.2) is 4.39 Å². The summed E-state index contributed by atoms with van der Waals surface area (Å²) >= 11 is 0. The maximum absolute atomic E-state index is 12.3. The number of pyridine rings is 1. The Morgan fingerprint density at radius 2 is 1.94 bits per heavy atom. The van der Waals surface area contributed by atoms with E-state index in [2.05, 4.69) is 23.0 Å². The van der Waals surface area contributed by atoms with Crippen molar-refractivity contribution in [2.45, 2.75) is 53.2 Å². The van der Waals surface area contributed by atoms with Crippen LogP contribution in [0, 0.1) is 18.7 Å². The van der Waals surface area contributed by atoms with Crippen LogP contribution in [0.1, 0.15) is 39.8 Å². The second-order valence-electron chi connectivity index (χ2n) is 6.52. The molecular weight excluding hydrogens is 401 g/mol. The zero-order valence-electron chi connectivity index (χ0n) is 19.1. The van der Waals surface area contributed by atoms with Crippen LogP contribution < -0.4 is 15.8 Å². The second kappa shape index (κ2) is 15.8. The van der Waals surface area contributed by atoms with Crippen LogP contribution in [-0.2, 0) is 14.3 Å². The van der Waals surface area contributed by atoms with Crippen LogP contribution in [0.2, 0.25) is 0 Å². The minimum absolute atomic E-state index is 0.0631. The first-order valence-corrected chi connectivity index (χ1v) is 10.1. The average molecular weight is 436 g/mol. The van der Waals surface area contributed by atoms with E-state index in [9.17, 15) is 9.18 Å². The highest BCUT2D eigenvalue weighted by molar-refractivity contribution is 5.94. The van der Waals surface area contributed by atoms with Crippen molar-refractivity contribution in [1.29, 1.82) is 0 Å². The number of benzene rings is 1. The van der Waals surface area contributed by atoms with E-state index >= 15 is 0 Å². The number of methoxy groups -OCH3 is 1. The number of nitrogens with two attached hydrogens (primary N) is 1. The molecule has 1 aliphatic rings. The highest BCUT2D eigenvalue weighted by Crippen LogP contribution is 2.26. The Hall–Kier alpha value is -3.00. The molecule has 2 unspecified atom stereocenters. The van der Waals surface area contributed by atoms with E-state index in [-0.39, 0.29) is 30.3 Å². The smallest absolute Gasteiger partial charge is 0.253 e. The van der Waals surface area contributed by atoms with Gasteiger partial charge in [-0.3, -0.25) is 14.6 Å². The van der Waals surface area contributed by atoms with Crippen LogP contribution in [0.25, 0.3) is 0 Å². The molecule has 31 heavy (non-hydrogen) atoms. The van der Waals surface area contributed by atoms with Crippen LogP contribution in [0.5, 0.6) is 5.75 Å². The Balaban J connectivity index is 0.000000540. The first-order chi connectivity index (χ1) is 14.8. The molecular formula is C23H34FN3O4. The minimum atomic E-state index is -0.325. The van der Waals surface area contributed by atoms with Crippen molar-refractivity contribution < 1.29 is 23.5 Å². The van der Waals surface area contributed by atoms with Crippen molar-refractivity contribution >= 4 is 18.0 Å². The minimum Gasteiger partial charge on any atom is -0.497 e. The van der Waals surface area contributed by atoms with Gasteiger partial charge in [0, 0.05) is 23.6 Å². The van der Waals surface area contributed by atoms with E-state index in [0.717, 1.165) is 17.8 Å². The number of aryl methyl sites for hydroxylation is 1. The number of amides is 2. The third-order valence-electron chi connectivity index (χ3n) is 4.25. The Labute approximate surface area is 184 Å². The predicted molar refractivity (Wildman–Crippen MR) is 120 cm³/mol. The van der Waals surface area contributed by atoms with Gasteiger partial charge in [-0.15, -0.1) is 0 Å². The van der Waals surface area contributed by atoms with Crippen LogP contribution in [0.3, 0.4) is 0 Å². The fourth-order valence-electron chi connectivity index (χ4n) is 2.59. The highest BCUT2D eigenvalue weighted by atomic mass is 19.1. The zero-order valence-corrected chi connectivity index (χ0v) is 19.1. The summed E-state index contributed by atoms with van der Waals surface area (Å²) in [6.07, 6.45) is 2.56. The lowest BCUT2D eigenvalue weighted by molar-refractivity contribution is -0.126. The summed E-state index contributed by atoms with van der Waals surface area (Å²) in [6, 6.07) is 9.65. The number of rotatable bonds is 3. The maximum Gasteiger partial charge on any atom is 0.253 e. The molecule has 0 spiro atoms. The highest BCUT2D eigenvalue weighted by Gasteiger charge is 2.33. The molecule has 172 valence electrons. The van der Waals surface area contributed by atoms with Crippen LogP contribution >= 0.6 is 0 Å². The van der Waals surface area contributed by atoms with Crippen molar-refractivity contribution in [1.82, 2.24) is 4.98 Å². The Morgan fingerprint density at radius 1 is 1.29 bits per heavy atom. The fraction of sp³-hybridized carbons (Fsp3) is 0.435. The number of anilines is 1. The van der Waals surface area contributed by atoms with Crippen molar-refractivity contribution in [3.05, 3.63) is 54.1 Å². The maximum atomic E-state index is 12.3. The van der Waals surface area contributed by atoms with Crippen molar-refractivity contribution in [3.63, 3.8) is 0 Å². The normalized spacial score (nSPS) is 18.6. The third kappa shape index (κ3) is 11.1. The monoisotopic (exact) mass is 435 g/mol. The molecule has 1 aliphatic heterocycles. The summed E-state index contributed by atoms with van der Waals surface area (Å²) in [4.78, 5) is 24.6. The largest absolute Gasteiger partial charge is 0.497 e. The molecule has 3 rings (SSSR count). The number of carbonyl (C=O) groups excluding carboxylic acids is 2. The topological polar surface area (TPSA) is 104 Å². The SMILES string of the molecule is CC.COc1cccc(F)c1.Cc1cc(NC(=O)[C@H]2CC(C)C(C)O2)ccn1.NC=O. The van der Waals surface area contributed by atoms with Gasteiger partial charge < -0.3 is 20.5 Å². The lowest BCUT2D eigenvalue weighted by atomic mass is 10.0. The summed E-state index contributed by atoms with van der Waals surface area (Å²) in [6.45, 7) is 10.0. The number of nitrogens with zero attached hydrogens (tertiary/aromatic N) is 1. The molecule has 2 aromatic rings. The molecule has 0 aliphatic carbocycles. The molecule has 0 saturated carbocycles. The summed E-state index contributed by atoms with van der Waals surface area (Å²) in [7, 11) is 1.51. The van der Waals surface area contributed by atoms with Crippen molar-refractivity contribution in [2.75, 3.05) is 12.4 Å². The van der Waals surface area contributed by atoms with E-state index in [4.69, 9.17) is 14.3 Å². The van der Waals surface area contributed by atoms with Gasteiger partial charge in [-0.1, -0.05) is 26.8 Å². The van der Waals surface area contributed by atoms with Gasteiger partial charge >= 0.3 is 0 Å². The molecule has 1 aromatic heterocycles. The number of aromatic nitrogens is 1. The Morgan fingerprint density at radius 3 is 2.39 bits per heavy atom. The molecule has 2 heterocycles. The summed E-state index contributed by atoms with van der Waals surface area (Å²) in [5.41, 5.74) is 5.83. The number of nitrogens with one attached hydrogen (secondary N) is 1. The Bertz CT molecular complexity index is 779. The lowest BCUT2D eigenvalue weighted by Gasteiger charge is -2.11. The quantitative estimate of drug-likeness (QED) is 0.707. The van der Waals surface area contributed by atoms with Gasteiger partial charge in [-0.2, -0.15) is 0 Å². The molecule has 8 heteroatoms. The Kier molecular flexibility index (Phi) is 14.3. The van der Waals surface area contributed by atoms with Gasteiger partial charge in [0.05, 0.1) is 13.2 Å². The average Bonchev–Trinajstić information content (AvgIpc) is 3.09. The molecule has 1 fully saturated rings. The van der Waals surface area contributed by atoms with Crippen LogP contribution in [0.4, 0.5) is 10.1 Å². The number of halogens is 1. The summed E-state index contributed by atoms with van der Waals surface area (Å²) in [5, 5.41) is 2.86. The van der Waals surface area contributed by atoms with E-state index in [0.29, 0.717) is 11.7 Å². The van der Waals surface area contributed by atoms with Gasteiger partial charge in [0.2, 0.25) is 6.41 Å². The molecule has 2 amide bonds. The molecule has 3 N–H and O–H groups in total. The van der Waals surface area contributed by atoms with E-state index in [1.165, 1.54) is 19.2 Å². The number of primary amides is 1. The molecule has 3 atom stereocenters. The molecule has 0 radical (unpaired) electrons. The summed E-state index contributed by atoms with van der Waals surface area (Å²) in [5.74, 6) is 0.654.